The van der Waals surface area contributed by atoms with E-state index < -0.39 is 0 Å². The van der Waals surface area contributed by atoms with Gasteiger partial charge in [0.25, 0.3) is 0 Å². The molecule has 2 aliphatic carbocycles. The summed E-state index contributed by atoms with van der Waals surface area (Å²) in [7, 11) is 0. The van der Waals surface area contributed by atoms with Gasteiger partial charge in [0.2, 0.25) is 0 Å². The summed E-state index contributed by atoms with van der Waals surface area (Å²) in [5.41, 5.74) is 14.4. The predicted octanol–water partition coefficient (Wildman–Crippen LogP) is 6.18. The molecule has 6 aromatic rings. The number of imidazole rings is 1. The molecular formula is C28H17N3. The Morgan fingerprint density at radius 1 is 0.677 bits per heavy atom. The number of rotatable bonds is 0. The van der Waals surface area contributed by atoms with Gasteiger partial charge in [-0.05, 0) is 81.6 Å². The molecule has 3 heterocycles. The monoisotopic (exact) mass is 395 g/mol. The van der Waals surface area contributed by atoms with E-state index in [0.29, 0.717) is 0 Å². The minimum Gasteiger partial charge on any atom is -0.298 e. The molecule has 0 unspecified atom stereocenters. The predicted molar refractivity (Wildman–Crippen MR) is 124 cm³/mol. The Balaban J connectivity index is 1.51. The summed E-state index contributed by atoms with van der Waals surface area (Å²) in [5, 5.41) is 2.41. The van der Waals surface area contributed by atoms with Gasteiger partial charge in [-0.3, -0.25) is 9.38 Å². The Morgan fingerprint density at radius 2 is 1.55 bits per heavy atom. The number of hydrogen-bond donors (Lipinski definition) is 0. The molecule has 0 aliphatic heterocycles. The first-order valence-corrected chi connectivity index (χ1v) is 10.8. The second-order valence-corrected chi connectivity index (χ2v) is 8.69. The molecule has 0 saturated heterocycles. The van der Waals surface area contributed by atoms with Crippen LogP contribution in [-0.4, -0.2) is 14.4 Å². The topological polar surface area (TPSA) is 30.2 Å². The smallest absolute Gasteiger partial charge is 0.145 e. The third kappa shape index (κ3) is 1.89. The Labute approximate surface area is 178 Å². The van der Waals surface area contributed by atoms with E-state index in [0.717, 1.165) is 29.5 Å². The Bertz CT molecular complexity index is 1740. The van der Waals surface area contributed by atoms with Crippen LogP contribution in [0.4, 0.5) is 0 Å². The van der Waals surface area contributed by atoms with E-state index in [1.165, 1.54) is 55.3 Å². The SMILES string of the molecule is c1ccc2c(c1)Cc1cc3c(cc1-2)Cc1ccc2c(c1-3)c1ncccc1n1ccnc21. The van der Waals surface area contributed by atoms with E-state index in [2.05, 4.69) is 59.0 Å². The van der Waals surface area contributed by atoms with Gasteiger partial charge < -0.3 is 0 Å². The molecule has 31 heavy (non-hydrogen) atoms. The Morgan fingerprint density at radius 3 is 2.55 bits per heavy atom. The Kier molecular flexibility index (Phi) is 2.74. The maximum absolute atomic E-state index is 4.85. The molecule has 0 spiro atoms. The lowest BCUT2D eigenvalue weighted by Crippen LogP contribution is -1.94. The number of benzene rings is 3. The molecule has 3 aromatic heterocycles. The molecule has 0 bridgehead atoms. The number of nitrogens with zero attached hydrogens (tertiary/aromatic N) is 3. The van der Waals surface area contributed by atoms with Crippen LogP contribution in [0.3, 0.4) is 0 Å². The lowest BCUT2D eigenvalue weighted by molar-refractivity contribution is 1.24. The van der Waals surface area contributed by atoms with E-state index >= 15 is 0 Å². The summed E-state index contributed by atoms with van der Waals surface area (Å²) in [5.74, 6) is 0. The van der Waals surface area contributed by atoms with Crippen molar-refractivity contribution in [1.82, 2.24) is 14.4 Å². The average molecular weight is 395 g/mol. The van der Waals surface area contributed by atoms with Crippen molar-refractivity contribution in [3.05, 3.63) is 102 Å². The quantitative estimate of drug-likeness (QED) is 0.287. The van der Waals surface area contributed by atoms with Gasteiger partial charge in [0.05, 0.1) is 11.0 Å². The molecule has 3 heteroatoms. The highest BCUT2D eigenvalue weighted by Crippen LogP contribution is 2.48. The van der Waals surface area contributed by atoms with E-state index in [9.17, 15) is 0 Å². The lowest BCUT2D eigenvalue weighted by atomic mass is 9.94. The molecule has 3 nitrogen and oxygen atoms in total. The zero-order chi connectivity index (χ0) is 20.1. The summed E-state index contributed by atoms with van der Waals surface area (Å²) >= 11 is 0. The van der Waals surface area contributed by atoms with Crippen molar-refractivity contribution in [2.75, 3.05) is 0 Å². The molecule has 0 saturated carbocycles. The number of fused-ring (bicyclic) bond motifs is 13. The average Bonchev–Trinajstić information content (AvgIpc) is 3.52. The van der Waals surface area contributed by atoms with Crippen molar-refractivity contribution < 1.29 is 0 Å². The van der Waals surface area contributed by atoms with E-state index in [1.54, 1.807) is 0 Å². The van der Waals surface area contributed by atoms with E-state index in [4.69, 9.17) is 9.97 Å². The van der Waals surface area contributed by atoms with E-state index in [-0.39, 0.29) is 0 Å². The van der Waals surface area contributed by atoms with Gasteiger partial charge in [0.15, 0.2) is 0 Å². The molecule has 0 N–H and O–H groups in total. The van der Waals surface area contributed by atoms with Crippen LogP contribution in [0.25, 0.3) is 49.7 Å². The number of aromatic nitrogens is 3. The fourth-order valence-corrected chi connectivity index (χ4v) is 5.83. The van der Waals surface area contributed by atoms with Gasteiger partial charge in [0.1, 0.15) is 5.65 Å². The molecule has 2 aliphatic rings. The van der Waals surface area contributed by atoms with Crippen molar-refractivity contribution in [2.45, 2.75) is 12.8 Å². The summed E-state index contributed by atoms with van der Waals surface area (Å²) in [6.45, 7) is 0. The molecule has 144 valence electrons. The summed E-state index contributed by atoms with van der Waals surface area (Å²) in [4.78, 5) is 9.54. The molecule has 0 atom stereocenters. The van der Waals surface area contributed by atoms with Crippen molar-refractivity contribution in [3.63, 3.8) is 0 Å². The van der Waals surface area contributed by atoms with Gasteiger partial charge in [-0.2, -0.15) is 0 Å². The van der Waals surface area contributed by atoms with Crippen LogP contribution in [0.1, 0.15) is 22.3 Å². The van der Waals surface area contributed by atoms with Crippen LogP contribution in [0.15, 0.2) is 79.3 Å². The minimum absolute atomic E-state index is 0.976. The first-order valence-electron chi connectivity index (χ1n) is 10.8. The summed E-state index contributed by atoms with van der Waals surface area (Å²) in [6.07, 6.45) is 7.81. The second kappa shape index (κ2) is 5.38. The zero-order valence-electron chi connectivity index (χ0n) is 16.8. The largest absolute Gasteiger partial charge is 0.298 e. The van der Waals surface area contributed by atoms with Gasteiger partial charge >= 0.3 is 0 Å². The van der Waals surface area contributed by atoms with E-state index in [1.807, 2.05) is 24.7 Å². The van der Waals surface area contributed by atoms with Crippen LogP contribution in [0.5, 0.6) is 0 Å². The fraction of sp³-hybridized carbons (Fsp3) is 0.0714. The lowest BCUT2D eigenvalue weighted by Gasteiger charge is -2.13. The molecule has 3 aromatic carbocycles. The summed E-state index contributed by atoms with van der Waals surface area (Å²) < 4.78 is 2.16. The molecule has 0 amide bonds. The third-order valence-corrected chi connectivity index (χ3v) is 7.12. The van der Waals surface area contributed by atoms with Crippen molar-refractivity contribution >= 4 is 27.5 Å². The highest BCUT2D eigenvalue weighted by Gasteiger charge is 2.28. The van der Waals surface area contributed by atoms with Crippen molar-refractivity contribution in [1.29, 1.82) is 0 Å². The minimum atomic E-state index is 0.976. The number of pyridine rings is 2. The maximum atomic E-state index is 4.85. The van der Waals surface area contributed by atoms with Gasteiger partial charge in [0, 0.05) is 29.4 Å². The maximum Gasteiger partial charge on any atom is 0.145 e. The van der Waals surface area contributed by atoms with Crippen LogP contribution in [-0.2, 0) is 12.8 Å². The second-order valence-electron chi connectivity index (χ2n) is 8.69. The zero-order valence-corrected chi connectivity index (χ0v) is 16.8. The highest BCUT2D eigenvalue weighted by atomic mass is 15.0. The van der Waals surface area contributed by atoms with Crippen molar-refractivity contribution in [2.24, 2.45) is 0 Å². The first kappa shape index (κ1) is 15.8. The Hall–Kier alpha value is -3.98. The summed E-state index contributed by atoms with van der Waals surface area (Å²) in [6, 6.07) is 22.4. The highest BCUT2D eigenvalue weighted by molar-refractivity contribution is 6.18. The van der Waals surface area contributed by atoms with Crippen LogP contribution in [0, 0.1) is 0 Å². The molecule has 0 radical (unpaired) electrons. The first-order chi connectivity index (χ1) is 15.4. The van der Waals surface area contributed by atoms with Crippen LogP contribution in [0.2, 0.25) is 0 Å². The number of hydrogen-bond acceptors (Lipinski definition) is 2. The van der Waals surface area contributed by atoms with Gasteiger partial charge in [-0.25, -0.2) is 4.98 Å². The van der Waals surface area contributed by atoms with Crippen LogP contribution < -0.4 is 0 Å². The standard InChI is InChI=1S/C28H17N3/c1-2-5-20-16(4-1)12-18-15-23-19(14-22(18)20)13-17-7-8-21-26(25(17)23)27-24(6-3-9-29-27)31-11-10-30-28(21)31/h1-11,14-15H,12-13H2. The molecule has 8 rings (SSSR count). The fourth-order valence-electron chi connectivity index (χ4n) is 5.83. The third-order valence-electron chi connectivity index (χ3n) is 7.12. The van der Waals surface area contributed by atoms with Gasteiger partial charge in [-0.15, -0.1) is 0 Å². The normalized spacial score (nSPS) is 13.5. The van der Waals surface area contributed by atoms with Gasteiger partial charge in [-0.1, -0.05) is 36.4 Å². The van der Waals surface area contributed by atoms with Crippen molar-refractivity contribution in [3.8, 4) is 22.3 Å². The molecular weight excluding hydrogens is 378 g/mol. The van der Waals surface area contributed by atoms with Crippen LogP contribution >= 0.6 is 0 Å². The molecule has 0 fully saturated rings.